The van der Waals surface area contributed by atoms with E-state index in [0.717, 1.165) is 12.8 Å². The molecule has 0 heterocycles. The van der Waals surface area contributed by atoms with Crippen LogP contribution in [0.5, 0.6) is 0 Å². The number of allylic oxidation sites excluding steroid dienone is 3. The molecule has 1 saturated carbocycles. The molecule has 31 heavy (non-hydrogen) atoms. The molecule has 4 heteroatoms. The number of benzene rings is 2. The molecule has 1 fully saturated rings. The van der Waals surface area contributed by atoms with Gasteiger partial charge in [0, 0.05) is 17.0 Å². The third kappa shape index (κ3) is 4.22. The zero-order valence-electron chi connectivity index (χ0n) is 17.8. The third-order valence-corrected chi connectivity index (χ3v) is 7.23. The Bertz CT molecular complexity index is 999. The van der Waals surface area contributed by atoms with Crippen LogP contribution in [0.1, 0.15) is 55.6 Å². The van der Waals surface area contributed by atoms with E-state index in [1.807, 2.05) is 6.08 Å². The Morgan fingerprint density at radius 1 is 0.742 bits per heavy atom. The SMILES string of the molecule is C=CC1CCC(C2C=CC(c3ccc(-c4ccc(C)c(F)c4F)c(F)c3F)CC2)CC1. The van der Waals surface area contributed by atoms with E-state index in [9.17, 15) is 17.6 Å². The first kappa shape index (κ1) is 21.9. The van der Waals surface area contributed by atoms with Gasteiger partial charge in [0.2, 0.25) is 0 Å². The van der Waals surface area contributed by atoms with Crippen LogP contribution in [0.3, 0.4) is 0 Å². The van der Waals surface area contributed by atoms with Gasteiger partial charge >= 0.3 is 0 Å². The summed E-state index contributed by atoms with van der Waals surface area (Å²) in [7, 11) is 0. The second-order valence-electron chi connectivity index (χ2n) is 9.03. The number of hydrogen-bond donors (Lipinski definition) is 0. The van der Waals surface area contributed by atoms with Gasteiger partial charge in [-0.1, -0.05) is 42.5 Å². The summed E-state index contributed by atoms with van der Waals surface area (Å²) in [5.41, 5.74) is -0.118. The van der Waals surface area contributed by atoms with Crippen molar-refractivity contribution in [2.75, 3.05) is 0 Å². The van der Waals surface area contributed by atoms with E-state index in [1.54, 1.807) is 0 Å². The number of rotatable bonds is 4. The van der Waals surface area contributed by atoms with Crippen molar-refractivity contribution in [1.29, 1.82) is 0 Å². The summed E-state index contributed by atoms with van der Waals surface area (Å²) in [6.07, 6.45) is 12.7. The van der Waals surface area contributed by atoms with Crippen LogP contribution < -0.4 is 0 Å². The zero-order chi connectivity index (χ0) is 22.1. The molecule has 2 aromatic carbocycles. The minimum absolute atomic E-state index is 0.124. The molecule has 2 aromatic rings. The Labute approximate surface area is 181 Å². The molecule has 0 amide bonds. The van der Waals surface area contributed by atoms with Gasteiger partial charge in [0.05, 0.1) is 0 Å². The number of hydrogen-bond acceptors (Lipinski definition) is 0. The van der Waals surface area contributed by atoms with Crippen molar-refractivity contribution in [3.8, 4) is 11.1 Å². The normalized spacial score (nSPS) is 26.1. The molecule has 164 valence electrons. The van der Waals surface area contributed by atoms with Gasteiger partial charge in [-0.3, -0.25) is 0 Å². The van der Waals surface area contributed by atoms with E-state index < -0.39 is 23.3 Å². The van der Waals surface area contributed by atoms with E-state index in [4.69, 9.17) is 0 Å². The minimum atomic E-state index is -1.15. The fourth-order valence-electron chi connectivity index (χ4n) is 5.21. The van der Waals surface area contributed by atoms with E-state index >= 15 is 0 Å². The van der Waals surface area contributed by atoms with Gasteiger partial charge in [-0.2, -0.15) is 0 Å². The molecule has 0 N–H and O–H groups in total. The molecular weight excluding hydrogens is 400 g/mol. The standard InChI is InChI=1S/C27H28F4/c1-3-17-5-7-18(8-6-17)19-9-11-20(12-10-19)21-14-15-23(27(31)25(21)29)22-13-4-16(2)24(28)26(22)30/h3-4,9,11,13-15,17-20H,1,5-8,10,12H2,2H3. The van der Waals surface area contributed by atoms with Gasteiger partial charge in [-0.05, 0) is 74.3 Å². The highest BCUT2D eigenvalue weighted by Crippen LogP contribution is 2.42. The van der Waals surface area contributed by atoms with Crippen molar-refractivity contribution in [2.45, 2.75) is 51.4 Å². The molecule has 2 unspecified atom stereocenters. The summed E-state index contributed by atoms with van der Waals surface area (Å²) in [6.45, 7) is 5.33. The molecule has 0 spiro atoms. The lowest BCUT2D eigenvalue weighted by Crippen LogP contribution is -2.22. The third-order valence-electron chi connectivity index (χ3n) is 7.23. The fourth-order valence-corrected chi connectivity index (χ4v) is 5.21. The van der Waals surface area contributed by atoms with E-state index in [0.29, 0.717) is 17.8 Å². The predicted molar refractivity (Wildman–Crippen MR) is 117 cm³/mol. The van der Waals surface area contributed by atoms with Gasteiger partial charge in [0.25, 0.3) is 0 Å². The Hall–Kier alpha value is -2.36. The summed E-state index contributed by atoms with van der Waals surface area (Å²) in [5, 5.41) is 0. The average Bonchev–Trinajstić information content (AvgIpc) is 2.80. The predicted octanol–water partition coefficient (Wildman–Crippen LogP) is 8.26. The molecule has 2 aliphatic carbocycles. The fraction of sp³-hybridized carbons (Fsp3) is 0.407. The Morgan fingerprint density at radius 3 is 2.00 bits per heavy atom. The van der Waals surface area contributed by atoms with Gasteiger partial charge in [0.15, 0.2) is 23.3 Å². The largest absolute Gasteiger partial charge is 0.203 e. The Kier molecular flexibility index (Phi) is 6.36. The smallest absolute Gasteiger partial charge is 0.167 e. The molecule has 0 bridgehead atoms. The molecule has 0 nitrogen and oxygen atoms in total. The van der Waals surface area contributed by atoms with Crippen LogP contribution in [0, 0.1) is 47.9 Å². The monoisotopic (exact) mass is 428 g/mol. The average molecular weight is 429 g/mol. The maximum absolute atomic E-state index is 14.9. The van der Waals surface area contributed by atoms with E-state index in [1.165, 1.54) is 56.9 Å². The summed E-state index contributed by atoms with van der Waals surface area (Å²) >= 11 is 0. The summed E-state index contributed by atoms with van der Waals surface area (Å²) in [6, 6.07) is 5.52. The first-order valence-corrected chi connectivity index (χ1v) is 11.1. The first-order chi connectivity index (χ1) is 14.9. The second-order valence-corrected chi connectivity index (χ2v) is 9.03. The minimum Gasteiger partial charge on any atom is -0.203 e. The van der Waals surface area contributed by atoms with Gasteiger partial charge < -0.3 is 0 Å². The molecule has 0 aliphatic heterocycles. The molecule has 0 saturated heterocycles. The summed E-state index contributed by atoms with van der Waals surface area (Å²) in [5.74, 6) is -2.74. The van der Waals surface area contributed by atoms with Crippen molar-refractivity contribution >= 4 is 0 Å². The van der Waals surface area contributed by atoms with Gasteiger partial charge in [-0.15, -0.1) is 6.58 Å². The van der Waals surface area contributed by atoms with Crippen LogP contribution in [0.2, 0.25) is 0 Å². The Balaban J connectivity index is 1.53. The lowest BCUT2D eigenvalue weighted by molar-refractivity contribution is 0.237. The maximum Gasteiger partial charge on any atom is 0.167 e. The second kappa shape index (κ2) is 9.02. The quantitative estimate of drug-likeness (QED) is 0.340. The van der Waals surface area contributed by atoms with Crippen LogP contribution in [0.15, 0.2) is 49.1 Å². The highest BCUT2D eigenvalue weighted by Gasteiger charge is 2.29. The van der Waals surface area contributed by atoms with Crippen LogP contribution in [0.4, 0.5) is 17.6 Å². The molecular formula is C27H28F4. The van der Waals surface area contributed by atoms with Crippen molar-refractivity contribution < 1.29 is 17.6 Å². The molecule has 0 aromatic heterocycles. The highest BCUT2D eigenvalue weighted by molar-refractivity contribution is 5.66. The summed E-state index contributed by atoms with van der Waals surface area (Å²) in [4.78, 5) is 0. The molecule has 4 rings (SSSR count). The topological polar surface area (TPSA) is 0 Å². The van der Waals surface area contributed by atoms with Crippen molar-refractivity contribution in [2.24, 2.45) is 17.8 Å². The van der Waals surface area contributed by atoms with Crippen molar-refractivity contribution in [3.63, 3.8) is 0 Å². The van der Waals surface area contributed by atoms with Crippen LogP contribution in [-0.2, 0) is 0 Å². The van der Waals surface area contributed by atoms with Gasteiger partial charge in [-0.25, -0.2) is 17.6 Å². The summed E-state index contributed by atoms with van der Waals surface area (Å²) < 4.78 is 58.0. The van der Waals surface area contributed by atoms with Crippen molar-refractivity contribution in [3.05, 3.63) is 83.5 Å². The lowest BCUT2D eigenvalue weighted by atomic mass is 9.71. The lowest BCUT2D eigenvalue weighted by Gasteiger charge is -2.34. The maximum atomic E-state index is 14.9. The van der Waals surface area contributed by atoms with Crippen molar-refractivity contribution in [1.82, 2.24) is 0 Å². The van der Waals surface area contributed by atoms with E-state index in [2.05, 4.69) is 18.7 Å². The van der Waals surface area contributed by atoms with Crippen LogP contribution >= 0.6 is 0 Å². The molecule has 2 aliphatic rings. The Morgan fingerprint density at radius 2 is 1.39 bits per heavy atom. The molecule has 0 radical (unpaired) electrons. The number of halogens is 4. The zero-order valence-corrected chi connectivity index (χ0v) is 17.8. The van der Waals surface area contributed by atoms with Gasteiger partial charge in [0.1, 0.15) is 0 Å². The highest BCUT2D eigenvalue weighted by atomic mass is 19.2. The number of aryl methyl sites for hydroxylation is 1. The van der Waals surface area contributed by atoms with Crippen LogP contribution in [-0.4, -0.2) is 0 Å². The van der Waals surface area contributed by atoms with Crippen LogP contribution in [0.25, 0.3) is 11.1 Å². The molecule has 2 atom stereocenters. The first-order valence-electron chi connectivity index (χ1n) is 11.1. The van der Waals surface area contributed by atoms with E-state index in [-0.39, 0.29) is 28.2 Å².